The number of hydrogen-bond acceptors (Lipinski definition) is 3. The summed E-state index contributed by atoms with van der Waals surface area (Å²) >= 11 is 0. The van der Waals surface area contributed by atoms with E-state index in [1.807, 2.05) is 43.3 Å². The average molecular weight is 250 g/mol. The fraction of sp³-hybridized carbons (Fsp3) is 0.385. The standard InChI is InChI=1S/C13H18N2O3/c1-15(2)11-5-3-4-10(8-11)6-7-12(16)14-9-13(17)18/h3-5,8H,6-7,9H2,1-2H3,(H,14,16)(H,17,18). The number of carbonyl (C=O) groups is 2. The Kier molecular flexibility index (Phi) is 5.17. The second kappa shape index (κ2) is 6.64. The first kappa shape index (κ1) is 14.0. The Morgan fingerprint density at radius 1 is 1.33 bits per heavy atom. The molecule has 98 valence electrons. The predicted molar refractivity (Wildman–Crippen MR) is 69.7 cm³/mol. The van der Waals surface area contributed by atoms with E-state index in [1.54, 1.807) is 0 Å². The average Bonchev–Trinajstić information content (AvgIpc) is 2.34. The molecule has 0 saturated heterocycles. The zero-order valence-corrected chi connectivity index (χ0v) is 10.6. The lowest BCUT2D eigenvalue weighted by Crippen LogP contribution is -2.29. The van der Waals surface area contributed by atoms with Gasteiger partial charge in [0.1, 0.15) is 6.54 Å². The van der Waals surface area contributed by atoms with E-state index in [1.165, 1.54) is 0 Å². The molecular weight excluding hydrogens is 232 g/mol. The van der Waals surface area contributed by atoms with Crippen LogP contribution >= 0.6 is 0 Å². The highest BCUT2D eigenvalue weighted by molar-refractivity contribution is 5.81. The van der Waals surface area contributed by atoms with Crippen molar-refractivity contribution >= 4 is 17.6 Å². The van der Waals surface area contributed by atoms with Crippen LogP contribution in [0.3, 0.4) is 0 Å². The number of amides is 1. The summed E-state index contributed by atoms with van der Waals surface area (Å²) in [5.41, 5.74) is 2.14. The largest absolute Gasteiger partial charge is 0.480 e. The zero-order valence-electron chi connectivity index (χ0n) is 10.6. The molecule has 1 aromatic rings. The maximum atomic E-state index is 11.4. The summed E-state index contributed by atoms with van der Waals surface area (Å²) < 4.78 is 0. The lowest BCUT2D eigenvalue weighted by molar-refractivity contribution is -0.137. The number of anilines is 1. The van der Waals surface area contributed by atoms with E-state index in [0.717, 1.165) is 11.3 Å². The van der Waals surface area contributed by atoms with E-state index in [4.69, 9.17) is 5.11 Å². The van der Waals surface area contributed by atoms with Crippen molar-refractivity contribution < 1.29 is 14.7 Å². The van der Waals surface area contributed by atoms with Gasteiger partial charge in [-0.25, -0.2) is 0 Å². The third-order valence-corrected chi connectivity index (χ3v) is 2.50. The number of hydrogen-bond donors (Lipinski definition) is 2. The van der Waals surface area contributed by atoms with Gasteiger partial charge in [0.05, 0.1) is 0 Å². The van der Waals surface area contributed by atoms with Crippen LogP contribution in [-0.4, -0.2) is 37.6 Å². The molecule has 0 aliphatic heterocycles. The van der Waals surface area contributed by atoms with Gasteiger partial charge < -0.3 is 15.3 Å². The summed E-state index contributed by atoms with van der Waals surface area (Å²) in [6.45, 7) is -0.323. The van der Waals surface area contributed by atoms with Gasteiger partial charge in [-0.2, -0.15) is 0 Å². The summed E-state index contributed by atoms with van der Waals surface area (Å²) in [5.74, 6) is -1.27. The SMILES string of the molecule is CN(C)c1cccc(CCC(=O)NCC(=O)O)c1. The van der Waals surface area contributed by atoms with Gasteiger partial charge in [0.15, 0.2) is 0 Å². The molecule has 0 bridgehead atoms. The summed E-state index contributed by atoms with van der Waals surface area (Å²) in [7, 11) is 3.91. The van der Waals surface area contributed by atoms with E-state index in [2.05, 4.69) is 5.32 Å². The molecule has 5 nitrogen and oxygen atoms in total. The highest BCUT2D eigenvalue weighted by Gasteiger charge is 2.05. The number of carboxylic acids is 1. The summed E-state index contributed by atoms with van der Waals surface area (Å²) in [6, 6.07) is 7.91. The lowest BCUT2D eigenvalue weighted by atomic mass is 10.1. The molecule has 1 amide bonds. The molecule has 5 heteroatoms. The van der Waals surface area contributed by atoms with Crippen LogP contribution in [-0.2, 0) is 16.0 Å². The molecule has 0 spiro atoms. The topological polar surface area (TPSA) is 69.6 Å². The Hall–Kier alpha value is -2.04. The van der Waals surface area contributed by atoms with Crippen molar-refractivity contribution in [2.75, 3.05) is 25.5 Å². The van der Waals surface area contributed by atoms with Crippen molar-refractivity contribution in [3.63, 3.8) is 0 Å². The Morgan fingerprint density at radius 3 is 2.67 bits per heavy atom. The fourth-order valence-electron chi connectivity index (χ4n) is 1.51. The maximum absolute atomic E-state index is 11.4. The van der Waals surface area contributed by atoms with Crippen LogP contribution in [0.25, 0.3) is 0 Å². The van der Waals surface area contributed by atoms with Crippen LogP contribution in [0.2, 0.25) is 0 Å². The first-order chi connectivity index (χ1) is 8.49. The Bertz CT molecular complexity index is 430. The van der Waals surface area contributed by atoms with E-state index in [-0.39, 0.29) is 12.5 Å². The van der Waals surface area contributed by atoms with Crippen LogP contribution < -0.4 is 10.2 Å². The molecule has 1 aromatic carbocycles. The van der Waals surface area contributed by atoms with Crippen molar-refractivity contribution in [2.45, 2.75) is 12.8 Å². The molecule has 0 radical (unpaired) electrons. The highest BCUT2D eigenvalue weighted by atomic mass is 16.4. The summed E-state index contributed by atoms with van der Waals surface area (Å²) in [5, 5.41) is 10.8. The van der Waals surface area contributed by atoms with Crippen LogP contribution in [0.15, 0.2) is 24.3 Å². The van der Waals surface area contributed by atoms with Gasteiger partial charge in [0.25, 0.3) is 0 Å². The van der Waals surface area contributed by atoms with Crippen molar-refractivity contribution in [3.8, 4) is 0 Å². The minimum atomic E-state index is -1.03. The monoisotopic (exact) mass is 250 g/mol. The molecule has 0 fully saturated rings. The Balaban J connectivity index is 2.45. The van der Waals surface area contributed by atoms with Gasteiger partial charge in [-0.15, -0.1) is 0 Å². The van der Waals surface area contributed by atoms with Gasteiger partial charge in [-0.3, -0.25) is 9.59 Å². The van der Waals surface area contributed by atoms with Crippen LogP contribution in [0, 0.1) is 0 Å². The van der Waals surface area contributed by atoms with Crippen molar-refractivity contribution in [2.24, 2.45) is 0 Å². The molecule has 1 rings (SSSR count). The molecule has 0 heterocycles. The number of carbonyl (C=O) groups excluding carboxylic acids is 1. The summed E-state index contributed by atoms with van der Waals surface area (Å²) in [4.78, 5) is 23.6. The van der Waals surface area contributed by atoms with Gasteiger partial charge in [-0.1, -0.05) is 12.1 Å². The molecule has 0 aliphatic carbocycles. The molecule has 18 heavy (non-hydrogen) atoms. The van der Waals surface area contributed by atoms with Crippen LogP contribution in [0.4, 0.5) is 5.69 Å². The van der Waals surface area contributed by atoms with E-state index in [0.29, 0.717) is 12.8 Å². The third kappa shape index (κ3) is 4.86. The van der Waals surface area contributed by atoms with Gasteiger partial charge in [0.2, 0.25) is 5.91 Å². The Morgan fingerprint density at radius 2 is 2.06 bits per heavy atom. The highest BCUT2D eigenvalue weighted by Crippen LogP contribution is 2.14. The molecule has 0 unspecified atom stereocenters. The number of nitrogens with zero attached hydrogens (tertiary/aromatic N) is 1. The number of rotatable bonds is 6. The van der Waals surface area contributed by atoms with Gasteiger partial charge in [0, 0.05) is 26.2 Å². The maximum Gasteiger partial charge on any atom is 0.322 e. The van der Waals surface area contributed by atoms with Crippen molar-refractivity contribution in [3.05, 3.63) is 29.8 Å². The minimum absolute atomic E-state index is 0.243. The second-order valence-electron chi connectivity index (χ2n) is 4.23. The lowest BCUT2D eigenvalue weighted by Gasteiger charge is -2.13. The molecule has 0 saturated carbocycles. The normalized spacial score (nSPS) is 9.89. The van der Waals surface area contributed by atoms with Crippen molar-refractivity contribution in [1.29, 1.82) is 0 Å². The summed E-state index contributed by atoms with van der Waals surface area (Å²) in [6.07, 6.45) is 0.900. The number of benzene rings is 1. The molecule has 0 aliphatic rings. The second-order valence-corrected chi connectivity index (χ2v) is 4.23. The first-order valence-corrected chi connectivity index (χ1v) is 5.74. The third-order valence-electron chi connectivity index (χ3n) is 2.50. The Labute approximate surface area is 106 Å². The quantitative estimate of drug-likeness (QED) is 0.786. The fourth-order valence-corrected chi connectivity index (χ4v) is 1.51. The van der Waals surface area contributed by atoms with E-state index < -0.39 is 5.97 Å². The van der Waals surface area contributed by atoms with Crippen LogP contribution in [0.5, 0.6) is 0 Å². The molecule has 0 aromatic heterocycles. The molecule has 0 atom stereocenters. The number of carboxylic acid groups (broad SMARTS) is 1. The van der Waals surface area contributed by atoms with Crippen LogP contribution in [0.1, 0.15) is 12.0 Å². The number of nitrogens with one attached hydrogen (secondary N) is 1. The molecule has 2 N–H and O–H groups in total. The smallest absolute Gasteiger partial charge is 0.322 e. The van der Waals surface area contributed by atoms with Gasteiger partial charge >= 0.3 is 5.97 Å². The molecular formula is C13H18N2O3. The van der Waals surface area contributed by atoms with E-state index in [9.17, 15) is 9.59 Å². The predicted octanol–water partition coefficient (Wildman–Crippen LogP) is 0.886. The van der Waals surface area contributed by atoms with E-state index >= 15 is 0 Å². The zero-order chi connectivity index (χ0) is 13.5. The van der Waals surface area contributed by atoms with Gasteiger partial charge in [-0.05, 0) is 24.1 Å². The number of aryl methyl sites for hydroxylation is 1. The minimum Gasteiger partial charge on any atom is -0.480 e. The first-order valence-electron chi connectivity index (χ1n) is 5.74. The number of aliphatic carboxylic acids is 1. The van der Waals surface area contributed by atoms with Crippen molar-refractivity contribution in [1.82, 2.24) is 5.32 Å².